The van der Waals surface area contributed by atoms with Gasteiger partial charge >= 0.3 is 0 Å². The molecule has 7 heteroatoms. The molecule has 0 aliphatic heterocycles. The molecule has 0 atom stereocenters. The molecule has 94 valence electrons. The summed E-state index contributed by atoms with van der Waals surface area (Å²) in [4.78, 5) is 10.2. The molecule has 0 spiro atoms. The molecule has 1 aromatic carbocycles. The zero-order chi connectivity index (χ0) is 12.9. The minimum Gasteiger partial charge on any atom is -0.429 e. The molecule has 0 radical (unpaired) electrons. The van der Waals surface area contributed by atoms with Gasteiger partial charge in [0.25, 0.3) is 6.47 Å². The fourth-order valence-electron chi connectivity index (χ4n) is 1.20. The van der Waals surface area contributed by atoms with Crippen molar-refractivity contribution in [1.29, 1.82) is 0 Å². The van der Waals surface area contributed by atoms with E-state index in [1.54, 1.807) is 0 Å². The van der Waals surface area contributed by atoms with Crippen molar-refractivity contribution in [3.05, 3.63) is 24.3 Å². The predicted octanol–water partition coefficient (Wildman–Crippen LogP) is -0.165. The van der Waals surface area contributed by atoms with E-state index in [1.807, 2.05) is 0 Å². The van der Waals surface area contributed by atoms with E-state index in [0.29, 0.717) is 0 Å². The van der Waals surface area contributed by atoms with E-state index in [-0.39, 0.29) is 30.3 Å². The monoisotopic (exact) mass is 259 g/mol. The van der Waals surface area contributed by atoms with Crippen molar-refractivity contribution in [2.45, 2.75) is 4.90 Å². The van der Waals surface area contributed by atoms with E-state index >= 15 is 0 Å². The lowest BCUT2D eigenvalue weighted by molar-refractivity contribution is -0.120. The van der Waals surface area contributed by atoms with Crippen molar-refractivity contribution in [3.63, 3.8) is 0 Å². The van der Waals surface area contributed by atoms with Crippen LogP contribution in [0.25, 0.3) is 0 Å². The molecule has 0 aliphatic carbocycles. The SMILES string of the molecule is CN(CCO)S(=O)(=O)c1cccc(OC=O)c1. The number of hydrogen-bond donors (Lipinski definition) is 1. The van der Waals surface area contributed by atoms with Gasteiger partial charge in [0.05, 0.1) is 11.5 Å². The summed E-state index contributed by atoms with van der Waals surface area (Å²) in [6.07, 6.45) is 0. The Bertz CT molecular complexity index is 485. The summed E-state index contributed by atoms with van der Waals surface area (Å²) < 4.78 is 29.5. The highest BCUT2D eigenvalue weighted by molar-refractivity contribution is 7.89. The number of hydrogen-bond acceptors (Lipinski definition) is 5. The van der Waals surface area contributed by atoms with E-state index in [9.17, 15) is 13.2 Å². The number of aliphatic hydroxyl groups is 1. The number of aliphatic hydroxyl groups excluding tert-OH is 1. The fourth-order valence-corrected chi connectivity index (χ4v) is 2.40. The third-order valence-corrected chi connectivity index (χ3v) is 3.97. The molecule has 1 rings (SSSR count). The Morgan fingerprint density at radius 1 is 1.47 bits per heavy atom. The minimum atomic E-state index is -3.66. The summed E-state index contributed by atoms with van der Waals surface area (Å²) in [6.45, 7) is -0.0372. The standard InChI is InChI=1S/C10H13NO5S/c1-11(5-6-12)17(14,15)10-4-2-3-9(7-10)16-8-13/h2-4,7-8,12H,5-6H2,1H3. The van der Waals surface area contributed by atoms with Crippen LogP contribution in [0.3, 0.4) is 0 Å². The van der Waals surface area contributed by atoms with Crippen LogP contribution in [0.5, 0.6) is 5.75 Å². The summed E-state index contributed by atoms with van der Waals surface area (Å²) in [5.74, 6) is 0.151. The highest BCUT2D eigenvalue weighted by Gasteiger charge is 2.20. The number of benzene rings is 1. The highest BCUT2D eigenvalue weighted by atomic mass is 32.2. The molecule has 0 bridgehead atoms. The van der Waals surface area contributed by atoms with Gasteiger partial charge in [-0.2, -0.15) is 4.31 Å². The van der Waals surface area contributed by atoms with Crippen LogP contribution in [0.2, 0.25) is 0 Å². The lowest BCUT2D eigenvalue weighted by atomic mass is 10.3. The fraction of sp³-hybridized carbons (Fsp3) is 0.300. The molecule has 17 heavy (non-hydrogen) atoms. The van der Waals surface area contributed by atoms with Crippen molar-refractivity contribution in [2.24, 2.45) is 0 Å². The van der Waals surface area contributed by atoms with Crippen LogP contribution in [-0.2, 0) is 14.8 Å². The van der Waals surface area contributed by atoms with Gasteiger partial charge < -0.3 is 9.84 Å². The number of sulfonamides is 1. The average Bonchev–Trinajstić information content (AvgIpc) is 2.30. The van der Waals surface area contributed by atoms with Crippen LogP contribution < -0.4 is 4.74 Å². The lowest BCUT2D eigenvalue weighted by Crippen LogP contribution is -2.29. The first kappa shape index (κ1) is 13.6. The zero-order valence-corrected chi connectivity index (χ0v) is 10.1. The van der Waals surface area contributed by atoms with Crippen molar-refractivity contribution < 1.29 is 23.1 Å². The number of carbonyl (C=O) groups excluding carboxylic acids is 1. The van der Waals surface area contributed by atoms with E-state index in [1.165, 1.54) is 31.3 Å². The Labute approximate surface area is 99.5 Å². The molecule has 6 nitrogen and oxygen atoms in total. The van der Waals surface area contributed by atoms with Crippen LogP contribution >= 0.6 is 0 Å². The second-order valence-electron chi connectivity index (χ2n) is 3.24. The van der Waals surface area contributed by atoms with Crippen molar-refractivity contribution in [2.75, 3.05) is 20.2 Å². The van der Waals surface area contributed by atoms with Crippen LogP contribution in [0.4, 0.5) is 0 Å². The Morgan fingerprint density at radius 2 is 2.18 bits per heavy atom. The average molecular weight is 259 g/mol. The van der Waals surface area contributed by atoms with Gasteiger partial charge in [-0.05, 0) is 12.1 Å². The molecule has 0 heterocycles. The Kier molecular flexibility index (Phi) is 4.62. The Balaban J connectivity index is 3.06. The van der Waals surface area contributed by atoms with E-state index in [2.05, 4.69) is 4.74 Å². The van der Waals surface area contributed by atoms with Gasteiger partial charge in [-0.15, -0.1) is 0 Å². The zero-order valence-electron chi connectivity index (χ0n) is 9.24. The number of carbonyl (C=O) groups is 1. The van der Waals surface area contributed by atoms with Crippen LogP contribution in [-0.4, -0.2) is 44.5 Å². The van der Waals surface area contributed by atoms with Crippen LogP contribution in [0.15, 0.2) is 29.2 Å². The molecule has 0 aliphatic rings. The molecule has 0 fully saturated rings. The van der Waals surface area contributed by atoms with Crippen molar-refractivity contribution in [3.8, 4) is 5.75 Å². The van der Waals surface area contributed by atoms with Crippen molar-refractivity contribution in [1.82, 2.24) is 4.31 Å². The number of rotatable bonds is 6. The van der Waals surface area contributed by atoms with Gasteiger partial charge in [-0.1, -0.05) is 6.07 Å². The predicted molar refractivity (Wildman–Crippen MR) is 60.0 cm³/mol. The third kappa shape index (κ3) is 3.26. The molecule has 0 saturated carbocycles. The Morgan fingerprint density at radius 3 is 2.76 bits per heavy atom. The molecule has 0 amide bonds. The summed E-state index contributed by atoms with van der Waals surface area (Å²) in [5.41, 5.74) is 0. The first-order valence-electron chi connectivity index (χ1n) is 4.80. The quantitative estimate of drug-likeness (QED) is 0.717. The van der Waals surface area contributed by atoms with Gasteiger partial charge in [0.2, 0.25) is 10.0 Å². The second kappa shape index (κ2) is 5.76. The molecular formula is C10H13NO5S. The number of likely N-dealkylation sites (N-methyl/N-ethyl adjacent to an activating group) is 1. The first-order valence-corrected chi connectivity index (χ1v) is 6.24. The van der Waals surface area contributed by atoms with E-state index in [4.69, 9.17) is 5.11 Å². The van der Waals surface area contributed by atoms with Crippen LogP contribution in [0, 0.1) is 0 Å². The second-order valence-corrected chi connectivity index (χ2v) is 5.28. The first-order chi connectivity index (χ1) is 8.02. The largest absolute Gasteiger partial charge is 0.429 e. The normalized spacial score (nSPS) is 11.5. The van der Waals surface area contributed by atoms with Gasteiger partial charge in [0.1, 0.15) is 5.75 Å². The van der Waals surface area contributed by atoms with E-state index < -0.39 is 10.0 Å². The summed E-state index contributed by atoms with van der Waals surface area (Å²) in [5, 5.41) is 8.71. The van der Waals surface area contributed by atoms with Gasteiger partial charge in [0.15, 0.2) is 0 Å². The Hall–Kier alpha value is -1.44. The van der Waals surface area contributed by atoms with Gasteiger partial charge in [-0.3, -0.25) is 4.79 Å². The smallest absolute Gasteiger partial charge is 0.298 e. The maximum absolute atomic E-state index is 11.9. The maximum Gasteiger partial charge on any atom is 0.298 e. The molecule has 0 saturated heterocycles. The van der Waals surface area contributed by atoms with Crippen molar-refractivity contribution >= 4 is 16.5 Å². The molecular weight excluding hydrogens is 246 g/mol. The van der Waals surface area contributed by atoms with Gasteiger partial charge in [0, 0.05) is 19.7 Å². The summed E-state index contributed by atoms with van der Waals surface area (Å²) >= 11 is 0. The number of nitrogens with zero attached hydrogens (tertiary/aromatic N) is 1. The molecule has 0 unspecified atom stereocenters. The lowest BCUT2D eigenvalue weighted by Gasteiger charge is -2.15. The molecule has 1 N–H and O–H groups in total. The van der Waals surface area contributed by atoms with E-state index in [0.717, 1.165) is 4.31 Å². The topological polar surface area (TPSA) is 83.9 Å². The minimum absolute atomic E-state index is 0.00109. The number of ether oxygens (including phenoxy) is 1. The molecule has 0 aromatic heterocycles. The van der Waals surface area contributed by atoms with Crippen LogP contribution in [0.1, 0.15) is 0 Å². The molecule has 1 aromatic rings. The summed E-state index contributed by atoms with van der Waals surface area (Å²) in [6, 6.07) is 5.58. The highest BCUT2D eigenvalue weighted by Crippen LogP contribution is 2.19. The van der Waals surface area contributed by atoms with Gasteiger partial charge in [-0.25, -0.2) is 8.42 Å². The third-order valence-electron chi connectivity index (χ3n) is 2.11. The summed E-state index contributed by atoms with van der Waals surface area (Å²) in [7, 11) is -2.30. The maximum atomic E-state index is 11.9.